The highest BCUT2D eigenvalue weighted by Crippen LogP contribution is 2.35. The lowest BCUT2D eigenvalue weighted by Crippen LogP contribution is -2.57. The Hall–Kier alpha value is -2.22. The molecular formula is C18H21F3N4O. The van der Waals surface area contributed by atoms with E-state index in [0.717, 1.165) is 6.07 Å². The van der Waals surface area contributed by atoms with Crippen LogP contribution in [-0.2, 0) is 10.9 Å². The monoisotopic (exact) mass is 366 g/mol. The zero-order chi connectivity index (χ0) is 19.2. The van der Waals surface area contributed by atoms with Crippen LogP contribution >= 0.6 is 0 Å². The van der Waals surface area contributed by atoms with Crippen molar-refractivity contribution in [1.29, 1.82) is 0 Å². The van der Waals surface area contributed by atoms with Crippen LogP contribution in [0.4, 0.5) is 19.0 Å². The predicted molar refractivity (Wildman–Crippen MR) is 91.7 cm³/mol. The first-order valence-electron chi connectivity index (χ1n) is 8.27. The lowest BCUT2D eigenvalue weighted by molar-refractivity contribution is -0.141. The van der Waals surface area contributed by atoms with Crippen molar-refractivity contribution in [2.75, 3.05) is 18.0 Å². The fraction of sp³-hybridized carbons (Fsp3) is 0.500. The second-order valence-corrected chi connectivity index (χ2v) is 7.65. The third-order valence-corrected chi connectivity index (χ3v) is 3.96. The lowest BCUT2D eigenvalue weighted by Gasteiger charge is -2.47. The van der Waals surface area contributed by atoms with Gasteiger partial charge in [-0.05, 0) is 39.8 Å². The Morgan fingerprint density at radius 3 is 2.12 bits per heavy atom. The number of morpholine rings is 1. The van der Waals surface area contributed by atoms with Crippen molar-refractivity contribution < 1.29 is 17.9 Å². The summed E-state index contributed by atoms with van der Waals surface area (Å²) in [5.41, 5.74) is -1.50. The van der Waals surface area contributed by atoms with E-state index in [4.69, 9.17) is 4.74 Å². The molecule has 1 saturated heterocycles. The third kappa shape index (κ3) is 4.12. The highest BCUT2D eigenvalue weighted by Gasteiger charge is 2.40. The van der Waals surface area contributed by atoms with E-state index in [2.05, 4.69) is 15.0 Å². The molecule has 5 nitrogen and oxygen atoms in total. The van der Waals surface area contributed by atoms with E-state index in [1.807, 2.05) is 32.6 Å². The van der Waals surface area contributed by atoms with Crippen molar-refractivity contribution in [2.24, 2.45) is 0 Å². The zero-order valence-corrected chi connectivity index (χ0v) is 15.1. The maximum absolute atomic E-state index is 13.4. The van der Waals surface area contributed by atoms with Crippen molar-refractivity contribution in [3.63, 3.8) is 0 Å². The lowest BCUT2D eigenvalue weighted by atomic mass is 9.99. The van der Waals surface area contributed by atoms with E-state index in [0.29, 0.717) is 18.7 Å². The van der Waals surface area contributed by atoms with Crippen molar-refractivity contribution in [2.45, 2.75) is 45.1 Å². The Morgan fingerprint density at radius 2 is 1.58 bits per heavy atom. The van der Waals surface area contributed by atoms with Gasteiger partial charge in [0.2, 0.25) is 0 Å². The quantitative estimate of drug-likeness (QED) is 0.805. The first kappa shape index (κ1) is 18.6. The molecule has 1 aliphatic rings. The van der Waals surface area contributed by atoms with Crippen LogP contribution in [-0.4, -0.2) is 39.2 Å². The molecule has 0 unspecified atom stereocenters. The highest BCUT2D eigenvalue weighted by molar-refractivity contribution is 5.57. The molecule has 140 valence electrons. The number of hydrogen-bond acceptors (Lipinski definition) is 5. The summed E-state index contributed by atoms with van der Waals surface area (Å²) < 4.78 is 46.2. The SMILES string of the molecule is CC1(C)CN(c2cc(C(F)(F)F)nc(-c3ccncc3)n2)CC(C)(C)O1. The first-order chi connectivity index (χ1) is 12.0. The standard InChI is InChI=1S/C18H21F3N4O/c1-16(2)10-25(11-17(3,4)26-16)14-9-13(18(19,20)21)23-15(24-14)12-5-7-22-8-6-12/h5-9H,10-11H2,1-4H3. The molecule has 2 aromatic rings. The summed E-state index contributed by atoms with van der Waals surface area (Å²) in [6.45, 7) is 8.52. The number of hydrogen-bond donors (Lipinski definition) is 0. The fourth-order valence-corrected chi connectivity index (χ4v) is 3.32. The summed E-state index contributed by atoms with van der Waals surface area (Å²) in [6, 6.07) is 4.18. The van der Waals surface area contributed by atoms with Gasteiger partial charge in [0.15, 0.2) is 11.5 Å². The van der Waals surface area contributed by atoms with Gasteiger partial charge < -0.3 is 9.64 Å². The number of rotatable bonds is 2. The van der Waals surface area contributed by atoms with E-state index < -0.39 is 23.1 Å². The molecule has 2 aromatic heterocycles. The van der Waals surface area contributed by atoms with Crippen LogP contribution in [0.1, 0.15) is 33.4 Å². The van der Waals surface area contributed by atoms with Crippen molar-refractivity contribution in [3.8, 4) is 11.4 Å². The number of halogens is 3. The predicted octanol–water partition coefficient (Wildman–Crippen LogP) is 3.95. The second-order valence-electron chi connectivity index (χ2n) is 7.65. The molecule has 3 rings (SSSR count). The summed E-state index contributed by atoms with van der Waals surface area (Å²) in [7, 11) is 0. The van der Waals surface area contributed by atoms with Gasteiger partial charge in [-0.15, -0.1) is 0 Å². The Kier molecular flexibility index (Phi) is 4.42. The van der Waals surface area contributed by atoms with E-state index in [9.17, 15) is 13.2 Å². The molecule has 0 bridgehead atoms. The topological polar surface area (TPSA) is 51.1 Å². The van der Waals surface area contributed by atoms with Crippen LogP contribution in [0.2, 0.25) is 0 Å². The second kappa shape index (κ2) is 6.19. The number of pyridine rings is 1. The molecule has 0 N–H and O–H groups in total. The van der Waals surface area contributed by atoms with Gasteiger partial charge >= 0.3 is 6.18 Å². The summed E-state index contributed by atoms with van der Waals surface area (Å²) in [6.07, 6.45) is -1.56. The smallest absolute Gasteiger partial charge is 0.366 e. The van der Waals surface area contributed by atoms with Crippen molar-refractivity contribution >= 4 is 5.82 Å². The molecular weight excluding hydrogens is 345 g/mol. The summed E-state index contributed by atoms with van der Waals surface area (Å²) in [4.78, 5) is 13.8. The van der Waals surface area contributed by atoms with Gasteiger partial charge in [0.1, 0.15) is 5.82 Å². The van der Waals surface area contributed by atoms with Crippen LogP contribution in [0, 0.1) is 0 Å². The Morgan fingerprint density at radius 1 is 1.00 bits per heavy atom. The molecule has 1 fully saturated rings. The Balaban J connectivity index is 2.09. The minimum atomic E-state index is -4.56. The molecule has 1 aliphatic heterocycles. The molecule has 0 atom stereocenters. The minimum Gasteiger partial charge on any atom is -0.366 e. The van der Waals surface area contributed by atoms with E-state index >= 15 is 0 Å². The van der Waals surface area contributed by atoms with Crippen LogP contribution in [0.5, 0.6) is 0 Å². The van der Waals surface area contributed by atoms with Crippen LogP contribution < -0.4 is 4.90 Å². The Labute approximate surface area is 150 Å². The molecule has 0 aliphatic carbocycles. The Bertz CT molecular complexity index is 775. The first-order valence-corrected chi connectivity index (χ1v) is 8.27. The average Bonchev–Trinajstić information content (AvgIpc) is 2.51. The largest absolute Gasteiger partial charge is 0.433 e. The van der Waals surface area contributed by atoms with Gasteiger partial charge in [0.05, 0.1) is 11.2 Å². The van der Waals surface area contributed by atoms with E-state index in [1.165, 1.54) is 12.4 Å². The average molecular weight is 366 g/mol. The molecule has 26 heavy (non-hydrogen) atoms. The molecule has 3 heterocycles. The molecule has 0 spiro atoms. The van der Waals surface area contributed by atoms with Gasteiger partial charge in [0.25, 0.3) is 0 Å². The summed E-state index contributed by atoms with van der Waals surface area (Å²) in [5.74, 6) is 0.267. The number of aromatic nitrogens is 3. The van der Waals surface area contributed by atoms with Gasteiger partial charge in [-0.3, -0.25) is 4.98 Å². The number of ether oxygens (including phenoxy) is 1. The minimum absolute atomic E-state index is 0.0272. The highest BCUT2D eigenvalue weighted by atomic mass is 19.4. The molecule has 0 saturated carbocycles. The van der Waals surface area contributed by atoms with E-state index in [-0.39, 0.29) is 11.6 Å². The van der Waals surface area contributed by atoms with Gasteiger partial charge in [-0.25, -0.2) is 9.97 Å². The van der Waals surface area contributed by atoms with Crippen molar-refractivity contribution in [3.05, 3.63) is 36.3 Å². The normalized spacial score (nSPS) is 19.4. The molecule has 0 amide bonds. The van der Waals surface area contributed by atoms with Gasteiger partial charge in [0, 0.05) is 37.1 Å². The number of nitrogens with zero attached hydrogens (tertiary/aromatic N) is 4. The summed E-state index contributed by atoms with van der Waals surface area (Å²) in [5, 5.41) is 0. The number of alkyl halides is 3. The van der Waals surface area contributed by atoms with Gasteiger partial charge in [-0.2, -0.15) is 13.2 Å². The van der Waals surface area contributed by atoms with E-state index in [1.54, 1.807) is 12.1 Å². The molecule has 0 radical (unpaired) electrons. The number of anilines is 1. The fourth-order valence-electron chi connectivity index (χ4n) is 3.32. The summed E-state index contributed by atoms with van der Waals surface area (Å²) >= 11 is 0. The third-order valence-electron chi connectivity index (χ3n) is 3.96. The van der Waals surface area contributed by atoms with Crippen LogP contribution in [0.25, 0.3) is 11.4 Å². The molecule has 8 heteroatoms. The van der Waals surface area contributed by atoms with Gasteiger partial charge in [-0.1, -0.05) is 0 Å². The maximum Gasteiger partial charge on any atom is 0.433 e. The van der Waals surface area contributed by atoms with Crippen molar-refractivity contribution in [1.82, 2.24) is 15.0 Å². The zero-order valence-electron chi connectivity index (χ0n) is 15.1. The van der Waals surface area contributed by atoms with Crippen LogP contribution in [0.3, 0.4) is 0 Å². The maximum atomic E-state index is 13.4. The molecule has 0 aromatic carbocycles. The van der Waals surface area contributed by atoms with Crippen LogP contribution in [0.15, 0.2) is 30.6 Å².